The van der Waals surface area contributed by atoms with E-state index in [0.29, 0.717) is 11.6 Å². The van der Waals surface area contributed by atoms with Gasteiger partial charge in [-0.05, 0) is 45.6 Å². The molecule has 1 aliphatic rings. The van der Waals surface area contributed by atoms with Gasteiger partial charge < -0.3 is 10.4 Å². The predicted molar refractivity (Wildman–Crippen MR) is 82.9 cm³/mol. The Morgan fingerprint density at radius 2 is 1.95 bits per heavy atom. The van der Waals surface area contributed by atoms with Crippen LogP contribution < -0.4 is 5.32 Å². The Morgan fingerprint density at radius 1 is 1.36 bits per heavy atom. The molecule has 0 spiro atoms. The van der Waals surface area contributed by atoms with Gasteiger partial charge >= 0.3 is 5.97 Å². The summed E-state index contributed by atoms with van der Waals surface area (Å²) < 4.78 is 1.89. The minimum atomic E-state index is -1.03. The largest absolute Gasteiger partial charge is 0.480 e. The van der Waals surface area contributed by atoms with Gasteiger partial charge in [0.2, 0.25) is 0 Å². The summed E-state index contributed by atoms with van der Waals surface area (Å²) in [5, 5.41) is 16.2. The third kappa shape index (κ3) is 3.48. The van der Waals surface area contributed by atoms with E-state index in [4.69, 9.17) is 0 Å². The Bertz CT molecular complexity index is 580. The summed E-state index contributed by atoms with van der Waals surface area (Å²) in [5.74, 6) is -1.17. The maximum atomic E-state index is 12.3. The molecule has 6 nitrogen and oxygen atoms in total. The third-order valence-corrected chi connectivity index (χ3v) is 3.82. The molecule has 22 heavy (non-hydrogen) atoms. The van der Waals surface area contributed by atoms with Gasteiger partial charge in [0.25, 0.3) is 5.91 Å². The van der Waals surface area contributed by atoms with E-state index < -0.39 is 17.9 Å². The number of aromatic nitrogens is 2. The van der Waals surface area contributed by atoms with E-state index in [0.717, 1.165) is 18.5 Å². The van der Waals surface area contributed by atoms with Gasteiger partial charge in [0.1, 0.15) is 11.7 Å². The Hall–Kier alpha value is -1.85. The molecule has 0 aliphatic heterocycles. The zero-order valence-electron chi connectivity index (χ0n) is 13.9. The lowest BCUT2D eigenvalue weighted by Gasteiger charge is -2.22. The second-order valence-corrected chi connectivity index (χ2v) is 7.34. The molecule has 2 rings (SSSR count). The first-order valence-corrected chi connectivity index (χ1v) is 7.75. The van der Waals surface area contributed by atoms with E-state index in [2.05, 4.69) is 10.4 Å². The number of rotatable bonds is 5. The van der Waals surface area contributed by atoms with E-state index in [-0.39, 0.29) is 11.5 Å². The van der Waals surface area contributed by atoms with Gasteiger partial charge in [-0.25, -0.2) is 4.79 Å². The number of aliphatic carboxylic acids is 1. The topological polar surface area (TPSA) is 84.2 Å². The zero-order valence-corrected chi connectivity index (χ0v) is 13.9. The standard InChI is InChI=1S/C16H25N3O3/c1-9(2)13(15(21)22)17-14(20)11-8-12(10-6-7-10)19(18-11)16(3,4)5/h8-10,13H,6-7H2,1-5H3,(H,17,20)(H,21,22)/t13-/m1/s1. The molecule has 1 aliphatic carbocycles. The van der Waals surface area contributed by atoms with Crippen molar-refractivity contribution in [2.24, 2.45) is 5.92 Å². The number of nitrogens with one attached hydrogen (secondary N) is 1. The Kier molecular flexibility index (Phi) is 4.31. The molecule has 1 fully saturated rings. The molecular weight excluding hydrogens is 282 g/mol. The molecule has 0 unspecified atom stereocenters. The summed E-state index contributed by atoms with van der Waals surface area (Å²) in [6.07, 6.45) is 2.24. The van der Waals surface area contributed by atoms with E-state index >= 15 is 0 Å². The van der Waals surface area contributed by atoms with E-state index in [9.17, 15) is 14.7 Å². The number of hydrogen-bond donors (Lipinski definition) is 2. The highest BCUT2D eigenvalue weighted by Gasteiger charge is 2.33. The quantitative estimate of drug-likeness (QED) is 0.874. The van der Waals surface area contributed by atoms with Crippen LogP contribution in [0.3, 0.4) is 0 Å². The zero-order chi connectivity index (χ0) is 16.7. The molecule has 0 radical (unpaired) electrons. The van der Waals surface area contributed by atoms with Crippen LogP contribution in [-0.2, 0) is 10.3 Å². The van der Waals surface area contributed by atoms with Gasteiger partial charge in [-0.1, -0.05) is 13.8 Å². The molecule has 1 aromatic rings. The second kappa shape index (κ2) is 5.74. The van der Waals surface area contributed by atoms with Crippen LogP contribution in [0.15, 0.2) is 6.07 Å². The summed E-state index contributed by atoms with van der Waals surface area (Å²) in [6.45, 7) is 9.66. The molecule has 1 heterocycles. The summed E-state index contributed by atoms with van der Waals surface area (Å²) in [7, 11) is 0. The highest BCUT2D eigenvalue weighted by Crippen LogP contribution is 2.41. The van der Waals surface area contributed by atoms with Crippen molar-refractivity contribution in [1.29, 1.82) is 0 Å². The monoisotopic (exact) mass is 307 g/mol. The van der Waals surface area contributed by atoms with Crippen molar-refractivity contribution in [3.05, 3.63) is 17.5 Å². The first-order chi connectivity index (χ1) is 10.1. The van der Waals surface area contributed by atoms with Crippen molar-refractivity contribution in [1.82, 2.24) is 15.1 Å². The van der Waals surface area contributed by atoms with E-state index in [1.54, 1.807) is 19.9 Å². The van der Waals surface area contributed by atoms with Gasteiger partial charge in [0.05, 0.1) is 5.54 Å². The maximum absolute atomic E-state index is 12.3. The van der Waals surface area contributed by atoms with E-state index in [1.807, 2.05) is 25.5 Å². The molecule has 6 heteroatoms. The fourth-order valence-electron chi connectivity index (χ4n) is 2.44. The van der Waals surface area contributed by atoms with Crippen molar-refractivity contribution in [2.45, 2.75) is 65.0 Å². The van der Waals surface area contributed by atoms with Gasteiger partial charge in [-0.2, -0.15) is 5.10 Å². The highest BCUT2D eigenvalue weighted by atomic mass is 16.4. The van der Waals surface area contributed by atoms with Gasteiger partial charge in [-0.3, -0.25) is 9.48 Å². The van der Waals surface area contributed by atoms with E-state index in [1.165, 1.54) is 0 Å². The number of carboxylic acids is 1. The lowest BCUT2D eigenvalue weighted by atomic mass is 10.0. The number of carbonyl (C=O) groups excluding carboxylic acids is 1. The minimum absolute atomic E-state index is 0.186. The van der Waals surface area contributed by atoms with Gasteiger partial charge in [-0.15, -0.1) is 0 Å². The number of carboxylic acid groups (broad SMARTS) is 1. The van der Waals surface area contributed by atoms with Gasteiger partial charge in [0, 0.05) is 11.6 Å². The van der Waals surface area contributed by atoms with Crippen molar-refractivity contribution >= 4 is 11.9 Å². The van der Waals surface area contributed by atoms with Crippen LogP contribution in [0.25, 0.3) is 0 Å². The highest BCUT2D eigenvalue weighted by molar-refractivity contribution is 5.95. The van der Waals surface area contributed by atoms with Crippen molar-refractivity contribution in [2.75, 3.05) is 0 Å². The maximum Gasteiger partial charge on any atom is 0.326 e. The number of nitrogens with zero attached hydrogens (tertiary/aromatic N) is 2. The molecule has 0 aromatic carbocycles. The second-order valence-electron chi connectivity index (χ2n) is 7.34. The molecule has 1 aromatic heterocycles. The van der Waals surface area contributed by atoms with Crippen LogP contribution in [0.5, 0.6) is 0 Å². The van der Waals surface area contributed by atoms with Crippen LogP contribution in [-0.4, -0.2) is 32.8 Å². The molecule has 1 saturated carbocycles. The molecule has 1 amide bonds. The normalized spacial score (nSPS) is 16.6. The SMILES string of the molecule is CC(C)[C@@H](NC(=O)c1cc(C2CC2)n(C(C)(C)C)n1)C(=O)O. The first kappa shape index (κ1) is 16.5. The first-order valence-electron chi connectivity index (χ1n) is 7.75. The smallest absolute Gasteiger partial charge is 0.326 e. The van der Waals surface area contributed by atoms with Crippen LogP contribution in [0.1, 0.15) is 69.6 Å². The molecule has 122 valence electrons. The lowest BCUT2D eigenvalue weighted by molar-refractivity contribution is -0.140. The molecular formula is C16H25N3O3. The summed E-state index contributed by atoms with van der Waals surface area (Å²) in [4.78, 5) is 23.6. The fraction of sp³-hybridized carbons (Fsp3) is 0.688. The molecule has 2 N–H and O–H groups in total. The summed E-state index contributed by atoms with van der Waals surface area (Å²) >= 11 is 0. The van der Waals surface area contributed by atoms with Crippen molar-refractivity contribution in [3.8, 4) is 0 Å². The molecule has 0 saturated heterocycles. The third-order valence-electron chi connectivity index (χ3n) is 3.82. The fourth-order valence-corrected chi connectivity index (χ4v) is 2.44. The van der Waals surface area contributed by atoms with Crippen molar-refractivity contribution < 1.29 is 14.7 Å². The summed E-state index contributed by atoms with van der Waals surface area (Å²) in [6, 6.07) is 0.897. The number of amides is 1. The average molecular weight is 307 g/mol. The van der Waals surface area contributed by atoms with Crippen LogP contribution in [0.4, 0.5) is 0 Å². The average Bonchev–Trinajstić information content (AvgIpc) is 3.11. The van der Waals surface area contributed by atoms with Crippen LogP contribution in [0, 0.1) is 5.92 Å². The predicted octanol–water partition coefficient (Wildman–Crippen LogP) is 2.35. The molecule has 0 bridgehead atoms. The van der Waals surface area contributed by atoms with Crippen LogP contribution >= 0.6 is 0 Å². The number of carbonyl (C=O) groups is 2. The van der Waals surface area contributed by atoms with Crippen molar-refractivity contribution in [3.63, 3.8) is 0 Å². The van der Waals surface area contributed by atoms with Gasteiger partial charge in [0.15, 0.2) is 0 Å². The summed E-state index contributed by atoms with van der Waals surface area (Å²) in [5.41, 5.74) is 1.15. The molecule has 1 atom stereocenters. The Labute approximate surface area is 130 Å². The van der Waals surface area contributed by atoms with Crippen LogP contribution in [0.2, 0.25) is 0 Å². The lowest BCUT2D eigenvalue weighted by Crippen LogP contribution is -2.44. The number of hydrogen-bond acceptors (Lipinski definition) is 3. The minimum Gasteiger partial charge on any atom is -0.480 e. The Balaban J connectivity index is 2.25. The Morgan fingerprint density at radius 3 is 2.36 bits per heavy atom.